The SMILES string of the molecule is COc1ccc(C(NS(=O)(=O)c2ccc(Cl)cc2)C(Cl)(Cl)c2ccccc2)cc1. The molecule has 0 fully saturated rings. The van der Waals surface area contributed by atoms with Gasteiger partial charge in [-0.25, -0.2) is 13.1 Å². The molecule has 8 heteroatoms. The highest BCUT2D eigenvalue weighted by atomic mass is 35.5. The fourth-order valence-corrected chi connectivity index (χ4v) is 4.93. The van der Waals surface area contributed by atoms with Crippen molar-refractivity contribution < 1.29 is 13.2 Å². The molecule has 3 rings (SSSR count). The number of sulfonamides is 1. The molecule has 0 aromatic heterocycles. The van der Waals surface area contributed by atoms with Gasteiger partial charge in [-0.15, -0.1) is 0 Å². The molecule has 0 saturated heterocycles. The zero-order valence-corrected chi connectivity index (χ0v) is 18.4. The zero-order valence-electron chi connectivity index (χ0n) is 15.3. The van der Waals surface area contributed by atoms with Gasteiger partial charge < -0.3 is 4.74 Å². The van der Waals surface area contributed by atoms with E-state index in [0.717, 1.165) is 0 Å². The van der Waals surface area contributed by atoms with Gasteiger partial charge in [0.1, 0.15) is 5.75 Å². The molecule has 0 radical (unpaired) electrons. The Morgan fingerprint density at radius 2 is 1.48 bits per heavy atom. The highest BCUT2D eigenvalue weighted by Gasteiger charge is 2.40. The lowest BCUT2D eigenvalue weighted by molar-refractivity contribution is 0.414. The van der Waals surface area contributed by atoms with Crippen LogP contribution >= 0.6 is 34.8 Å². The molecule has 0 aliphatic heterocycles. The van der Waals surface area contributed by atoms with Crippen molar-refractivity contribution in [2.75, 3.05) is 7.11 Å². The van der Waals surface area contributed by atoms with Crippen molar-refractivity contribution in [2.24, 2.45) is 0 Å². The minimum absolute atomic E-state index is 0.0533. The number of hydrogen-bond acceptors (Lipinski definition) is 3. The van der Waals surface area contributed by atoms with Crippen LogP contribution < -0.4 is 9.46 Å². The van der Waals surface area contributed by atoms with Gasteiger partial charge in [0.05, 0.1) is 18.0 Å². The molecule has 0 amide bonds. The van der Waals surface area contributed by atoms with Crippen LogP contribution in [0.15, 0.2) is 83.8 Å². The smallest absolute Gasteiger partial charge is 0.241 e. The third kappa shape index (κ3) is 5.05. The van der Waals surface area contributed by atoms with Gasteiger partial charge in [0.15, 0.2) is 4.33 Å². The van der Waals surface area contributed by atoms with Gasteiger partial charge in [-0.2, -0.15) is 0 Å². The number of alkyl halides is 2. The maximum absolute atomic E-state index is 13.0. The van der Waals surface area contributed by atoms with E-state index in [1.807, 2.05) is 6.07 Å². The molecule has 0 bridgehead atoms. The summed E-state index contributed by atoms with van der Waals surface area (Å²) in [6.07, 6.45) is 0. The Hall–Kier alpha value is -1.76. The van der Waals surface area contributed by atoms with Gasteiger partial charge in [0.2, 0.25) is 10.0 Å². The predicted octanol–water partition coefficient (Wildman–Crippen LogP) is 5.70. The van der Waals surface area contributed by atoms with Crippen LogP contribution in [-0.2, 0) is 14.4 Å². The minimum Gasteiger partial charge on any atom is -0.497 e. The number of halogens is 3. The van der Waals surface area contributed by atoms with E-state index in [1.54, 1.807) is 55.6 Å². The topological polar surface area (TPSA) is 55.4 Å². The lowest BCUT2D eigenvalue weighted by Crippen LogP contribution is -2.38. The van der Waals surface area contributed by atoms with E-state index >= 15 is 0 Å². The van der Waals surface area contributed by atoms with Crippen LogP contribution in [0.5, 0.6) is 5.75 Å². The molecule has 0 spiro atoms. The van der Waals surface area contributed by atoms with Crippen LogP contribution in [0.4, 0.5) is 0 Å². The molecule has 4 nitrogen and oxygen atoms in total. The van der Waals surface area contributed by atoms with Gasteiger partial charge in [-0.3, -0.25) is 0 Å². The van der Waals surface area contributed by atoms with Crippen LogP contribution in [-0.4, -0.2) is 15.5 Å². The highest BCUT2D eigenvalue weighted by Crippen LogP contribution is 2.46. The number of ether oxygens (including phenoxy) is 1. The molecule has 1 atom stereocenters. The molecule has 3 aromatic rings. The Balaban J connectivity index is 2.06. The molecule has 0 heterocycles. The summed E-state index contributed by atoms with van der Waals surface area (Å²) in [4.78, 5) is 0.0533. The highest BCUT2D eigenvalue weighted by molar-refractivity contribution is 7.89. The van der Waals surface area contributed by atoms with Crippen LogP contribution in [0.25, 0.3) is 0 Å². The monoisotopic (exact) mass is 469 g/mol. The second-order valence-corrected chi connectivity index (χ2v) is 9.81. The molecule has 1 N–H and O–H groups in total. The third-order valence-corrected chi connectivity index (χ3v) is 6.93. The van der Waals surface area contributed by atoms with E-state index in [1.165, 1.54) is 24.3 Å². The number of nitrogens with one attached hydrogen (secondary N) is 1. The van der Waals surface area contributed by atoms with E-state index in [0.29, 0.717) is 21.9 Å². The summed E-state index contributed by atoms with van der Waals surface area (Å²) in [5.41, 5.74) is 1.14. The molecule has 1 unspecified atom stereocenters. The molecule has 0 aliphatic carbocycles. The lowest BCUT2D eigenvalue weighted by Gasteiger charge is -2.31. The first-order valence-electron chi connectivity index (χ1n) is 8.59. The average molecular weight is 471 g/mol. The molecule has 3 aromatic carbocycles. The van der Waals surface area contributed by atoms with E-state index in [-0.39, 0.29) is 4.90 Å². The molecule has 0 aliphatic rings. The molecule has 152 valence electrons. The van der Waals surface area contributed by atoms with Crippen molar-refractivity contribution >= 4 is 44.8 Å². The Labute approximate surface area is 185 Å². The fourth-order valence-electron chi connectivity index (χ4n) is 2.81. The lowest BCUT2D eigenvalue weighted by atomic mass is 9.98. The normalized spacial score (nSPS) is 13.1. The quantitative estimate of drug-likeness (QED) is 0.451. The van der Waals surface area contributed by atoms with Gasteiger partial charge in [0.25, 0.3) is 0 Å². The minimum atomic E-state index is -3.94. The summed E-state index contributed by atoms with van der Waals surface area (Å²) < 4.78 is 32.3. The summed E-state index contributed by atoms with van der Waals surface area (Å²) in [5.74, 6) is 0.627. The second-order valence-electron chi connectivity index (χ2n) is 6.27. The van der Waals surface area contributed by atoms with Gasteiger partial charge in [-0.1, -0.05) is 77.3 Å². The fraction of sp³-hybridized carbons (Fsp3) is 0.143. The standard InChI is InChI=1S/C21H18Cl3NO3S/c1-28-18-11-7-15(8-12-18)20(21(23,24)16-5-3-2-4-6-16)25-29(26,27)19-13-9-17(22)10-14-19/h2-14,20,25H,1H3. The van der Waals surface area contributed by atoms with Crippen molar-refractivity contribution in [3.8, 4) is 5.75 Å². The molecular weight excluding hydrogens is 453 g/mol. The van der Waals surface area contributed by atoms with Crippen LogP contribution in [0, 0.1) is 0 Å². The van der Waals surface area contributed by atoms with E-state index in [2.05, 4.69) is 4.72 Å². The molecule has 29 heavy (non-hydrogen) atoms. The van der Waals surface area contributed by atoms with Crippen molar-refractivity contribution in [3.05, 3.63) is 95.0 Å². The summed E-state index contributed by atoms with van der Waals surface area (Å²) in [5, 5.41) is 0.434. The van der Waals surface area contributed by atoms with E-state index in [4.69, 9.17) is 39.5 Å². The molecule has 0 saturated carbocycles. The first kappa shape index (κ1) is 21.9. The van der Waals surface area contributed by atoms with E-state index in [9.17, 15) is 8.42 Å². The van der Waals surface area contributed by atoms with Crippen molar-refractivity contribution in [1.82, 2.24) is 4.72 Å². The summed E-state index contributed by atoms with van der Waals surface area (Å²) >= 11 is 19.4. The first-order valence-corrected chi connectivity index (χ1v) is 11.2. The number of methoxy groups -OCH3 is 1. The van der Waals surface area contributed by atoms with Crippen molar-refractivity contribution in [3.63, 3.8) is 0 Å². The van der Waals surface area contributed by atoms with Gasteiger partial charge in [-0.05, 0) is 47.5 Å². The van der Waals surface area contributed by atoms with Crippen molar-refractivity contribution in [1.29, 1.82) is 0 Å². The van der Waals surface area contributed by atoms with Crippen LogP contribution in [0.2, 0.25) is 5.02 Å². The Bertz CT molecular complexity index is 1050. The Morgan fingerprint density at radius 1 is 0.897 bits per heavy atom. The zero-order chi connectivity index (χ0) is 21.1. The van der Waals surface area contributed by atoms with E-state index < -0.39 is 20.4 Å². The van der Waals surface area contributed by atoms with Gasteiger partial charge >= 0.3 is 0 Å². The van der Waals surface area contributed by atoms with Crippen LogP contribution in [0.3, 0.4) is 0 Å². The Morgan fingerprint density at radius 3 is 2.03 bits per heavy atom. The first-order chi connectivity index (χ1) is 13.7. The molecular formula is C21H18Cl3NO3S. The average Bonchev–Trinajstić information content (AvgIpc) is 2.73. The Kier molecular flexibility index (Phi) is 6.76. The number of hydrogen-bond donors (Lipinski definition) is 1. The van der Waals surface area contributed by atoms with Crippen LogP contribution in [0.1, 0.15) is 17.2 Å². The van der Waals surface area contributed by atoms with Crippen molar-refractivity contribution in [2.45, 2.75) is 15.3 Å². The van der Waals surface area contributed by atoms with Gasteiger partial charge in [0, 0.05) is 5.02 Å². The largest absolute Gasteiger partial charge is 0.497 e. The maximum Gasteiger partial charge on any atom is 0.241 e. The predicted molar refractivity (Wildman–Crippen MR) is 117 cm³/mol. The summed E-state index contributed by atoms with van der Waals surface area (Å²) in [6.45, 7) is 0. The third-order valence-electron chi connectivity index (χ3n) is 4.37. The maximum atomic E-state index is 13.0. The number of rotatable bonds is 7. The summed E-state index contributed by atoms with van der Waals surface area (Å²) in [7, 11) is -2.39. The summed E-state index contributed by atoms with van der Waals surface area (Å²) in [6, 6.07) is 20.6. The second kappa shape index (κ2) is 8.94. The number of benzene rings is 3.